The molecule has 0 unspecified atom stereocenters. The zero-order valence-corrected chi connectivity index (χ0v) is 17.0. The maximum Gasteiger partial charge on any atom is 0.265 e. The van der Waals surface area contributed by atoms with Crippen LogP contribution in [0.25, 0.3) is 21.7 Å². The summed E-state index contributed by atoms with van der Waals surface area (Å²) in [4.78, 5) is 6.04. The summed E-state index contributed by atoms with van der Waals surface area (Å²) < 4.78 is 41.6. The van der Waals surface area contributed by atoms with E-state index >= 15 is 0 Å². The first-order valence-corrected chi connectivity index (χ1v) is 11.5. The van der Waals surface area contributed by atoms with Gasteiger partial charge in [0.15, 0.2) is 0 Å². The fourth-order valence-electron chi connectivity index (χ4n) is 4.86. The van der Waals surface area contributed by atoms with Crippen molar-refractivity contribution in [3.8, 4) is 0 Å². The number of rotatable bonds is 3. The predicted octanol–water partition coefficient (Wildman–Crippen LogP) is 4.03. The van der Waals surface area contributed by atoms with Crippen molar-refractivity contribution in [2.75, 3.05) is 23.9 Å². The Hall–Kier alpha value is -2.90. The monoisotopic (exact) mass is 421 g/mol. The van der Waals surface area contributed by atoms with Crippen molar-refractivity contribution in [2.24, 2.45) is 0 Å². The van der Waals surface area contributed by atoms with Crippen LogP contribution in [0.15, 0.2) is 59.5 Å². The molecule has 0 fully saturated rings. The summed E-state index contributed by atoms with van der Waals surface area (Å²) in [7, 11) is -3.54. The van der Waals surface area contributed by atoms with Crippen LogP contribution in [-0.2, 0) is 23.0 Å². The molecule has 6 rings (SSSR count). The number of nitrogens with zero attached hydrogens (tertiary/aromatic N) is 2. The van der Waals surface area contributed by atoms with Crippen LogP contribution in [0.1, 0.15) is 11.3 Å². The smallest absolute Gasteiger partial charge is 0.265 e. The number of nitrogens with one attached hydrogen (secondary N) is 1. The van der Waals surface area contributed by atoms with Gasteiger partial charge in [-0.05, 0) is 41.3 Å². The van der Waals surface area contributed by atoms with E-state index < -0.39 is 10.0 Å². The van der Waals surface area contributed by atoms with E-state index in [1.165, 1.54) is 10.4 Å². The summed E-state index contributed by atoms with van der Waals surface area (Å²) in [6.45, 7) is 2.53. The first-order valence-electron chi connectivity index (χ1n) is 10.1. The number of aromatic amines is 1. The molecule has 0 bridgehead atoms. The zero-order valence-electron chi connectivity index (χ0n) is 16.2. The molecule has 0 saturated carbocycles. The molecule has 4 aromatic rings. The van der Waals surface area contributed by atoms with Crippen LogP contribution < -0.4 is 4.31 Å². The molecule has 30 heavy (non-hydrogen) atoms. The molecule has 7 heteroatoms. The Morgan fingerprint density at radius 2 is 1.87 bits per heavy atom. The van der Waals surface area contributed by atoms with Crippen LogP contribution in [0, 0.1) is 5.82 Å². The van der Waals surface area contributed by atoms with Gasteiger partial charge in [-0.25, -0.2) is 12.8 Å². The summed E-state index contributed by atoms with van der Waals surface area (Å²) in [5, 5.41) is 2.67. The molecule has 3 aromatic carbocycles. The molecule has 0 spiro atoms. The topological polar surface area (TPSA) is 56.4 Å². The highest BCUT2D eigenvalue weighted by Crippen LogP contribution is 2.41. The van der Waals surface area contributed by atoms with E-state index in [-0.39, 0.29) is 5.82 Å². The fourth-order valence-corrected chi connectivity index (χ4v) is 6.57. The van der Waals surface area contributed by atoms with Crippen molar-refractivity contribution < 1.29 is 12.8 Å². The number of fused-ring (bicyclic) bond motifs is 3. The lowest BCUT2D eigenvalue weighted by Gasteiger charge is -2.29. The van der Waals surface area contributed by atoms with Crippen molar-refractivity contribution >= 4 is 37.4 Å². The molecule has 0 aliphatic carbocycles. The van der Waals surface area contributed by atoms with E-state index in [1.807, 2.05) is 24.3 Å². The minimum atomic E-state index is -3.54. The molecule has 1 N–H and O–H groups in total. The van der Waals surface area contributed by atoms with Crippen molar-refractivity contribution in [3.63, 3.8) is 0 Å². The Labute approximate surface area is 173 Å². The second-order valence-electron chi connectivity index (χ2n) is 8.01. The molecule has 0 amide bonds. The number of anilines is 1. The Bertz CT molecular complexity index is 1420. The first kappa shape index (κ1) is 17.9. The van der Waals surface area contributed by atoms with Gasteiger partial charge in [-0.15, -0.1) is 0 Å². The summed E-state index contributed by atoms with van der Waals surface area (Å²) >= 11 is 0. The Morgan fingerprint density at radius 3 is 2.73 bits per heavy atom. The molecular weight excluding hydrogens is 401 g/mol. The van der Waals surface area contributed by atoms with Gasteiger partial charge < -0.3 is 4.98 Å². The van der Waals surface area contributed by atoms with Crippen molar-refractivity contribution in [1.82, 2.24) is 9.88 Å². The largest absolute Gasteiger partial charge is 0.358 e. The second-order valence-corrected chi connectivity index (χ2v) is 9.84. The lowest BCUT2D eigenvalue weighted by molar-refractivity contribution is 0.262. The summed E-state index contributed by atoms with van der Waals surface area (Å²) in [5.74, 6) is -0.240. The van der Waals surface area contributed by atoms with E-state index in [0.29, 0.717) is 24.5 Å². The van der Waals surface area contributed by atoms with Gasteiger partial charge in [0.1, 0.15) is 5.82 Å². The minimum absolute atomic E-state index is 0.240. The van der Waals surface area contributed by atoms with Crippen LogP contribution in [0.4, 0.5) is 10.1 Å². The van der Waals surface area contributed by atoms with Gasteiger partial charge in [0.25, 0.3) is 10.0 Å². The quantitative estimate of drug-likeness (QED) is 0.544. The molecule has 152 valence electrons. The number of hydrogen-bond donors (Lipinski definition) is 1. The standard InChI is InChI=1S/C23H20FN3O2S/c24-16-7-8-19-17(13-16)18-14-26(10-9-20(18)25-19)11-12-27-21-5-1-3-15-4-2-6-22(23(15)21)30(27,28)29/h1-8,13,25H,9-12,14H2. The highest BCUT2D eigenvalue weighted by molar-refractivity contribution is 7.93. The van der Waals surface area contributed by atoms with Crippen LogP contribution in [0.2, 0.25) is 0 Å². The molecule has 5 nitrogen and oxygen atoms in total. The van der Waals surface area contributed by atoms with Gasteiger partial charge in [-0.3, -0.25) is 9.21 Å². The summed E-state index contributed by atoms with van der Waals surface area (Å²) in [5.41, 5.74) is 3.98. The Morgan fingerprint density at radius 1 is 1.03 bits per heavy atom. The molecular formula is C23H20FN3O2S. The predicted molar refractivity (Wildman–Crippen MR) is 116 cm³/mol. The number of benzene rings is 3. The molecule has 1 aromatic heterocycles. The Kier molecular flexibility index (Phi) is 3.76. The number of sulfonamides is 1. The average Bonchev–Trinajstić information content (AvgIpc) is 3.20. The summed E-state index contributed by atoms with van der Waals surface area (Å²) in [6, 6.07) is 16.0. The molecule has 2 aliphatic heterocycles. The molecule has 2 aliphatic rings. The van der Waals surface area contributed by atoms with Gasteiger partial charge in [0.05, 0.1) is 10.6 Å². The third-order valence-electron chi connectivity index (χ3n) is 6.32. The summed E-state index contributed by atoms with van der Waals surface area (Å²) in [6.07, 6.45) is 0.841. The second kappa shape index (κ2) is 6.30. The third-order valence-corrected chi connectivity index (χ3v) is 8.17. The maximum atomic E-state index is 13.8. The van der Waals surface area contributed by atoms with Crippen LogP contribution >= 0.6 is 0 Å². The lowest BCUT2D eigenvalue weighted by atomic mass is 10.0. The number of aromatic nitrogens is 1. The SMILES string of the molecule is O=S1(=O)c2cccc3cccc(c23)N1CCN1CCc2[nH]c3ccc(F)cc3c2C1. The average molecular weight is 421 g/mol. The van der Waals surface area contributed by atoms with Gasteiger partial charge in [-0.1, -0.05) is 24.3 Å². The molecule has 0 saturated heterocycles. The minimum Gasteiger partial charge on any atom is -0.358 e. The van der Waals surface area contributed by atoms with Gasteiger partial charge in [-0.2, -0.15) is 0 Å². The third kappa shape index (κ3) is 2.52. The highest BCUT2D eigenvalue weighted by Gasteiger charge is 2.35. The number of halogens is 1. The molecule has 0 atom stereocenters. The van der Waals surface area contributed by atoms with E-state index in [1.54, 1.807) is 24.3 Å². The first-order chi connectivity index (χ1) is 14.5. The van der Waals surface area contributed by atoms with Crippen LogP contribution in [0.3, 0.4) is 0 Å². The number of hydrogen-bond acceptors (Lipinski definition) is 3. The van der Waals surface area contributed by atoms with E-state index in [9.17, 15) is 12.8 Å². The van der Waals surface area contributed by atoms with Crippen molar-refractivity contribution in [1.29, 1.82) is 0 Å². The maximum absolute atomic E-state index is 13.8. The molecule has 3 heterocycles. The van der Waals surface area contributed by atoms with Gasteiger partial charge in [0, 0.05) is 54.6 Å². The highest BCUT2D eigenvalue weighted by atomic mass is 32.2. The zero-order chi connectivity index (χ0) is 20.5. The van der Waals surface area contributed by atoms with E-state index in [0.717, 1.165) is 51.6 Å². The normalized spacial score (nSPS) is 17.7. The van der Waals surface area contributed by atoms with E-state index in [4.69, 9.17) is 0 Å². The number of H-pyrrole nitrogens is 1. The van der Waals surface area contributed by atoms with Crippen molar-refractivity contribution in [2.45, 2.75) is 17.9 Å². The fraction of sp³-hybridized carbons (Fsp3) is 0.217. The Balaban J connectivity index is 1.28. The van der Waals surface area contributed by atoms with Crippen LogP contribution in [-0.4, -0.2) is 37.9 Å². The van der Waals surface area contributed by atoms with Crippen LogP contribution in [0.5, 0.6) is 0 Å². The molecule has 0 radical (unpaired) electrons. The lowest BCUT2D eigenvalue weighted by Crippen LogP contribution is -2.39. The van der Waals surface area contributed by atoms with Gasteiger partial charge in [0.2, 0.25) is 0 Å². The van der Waals surface area contributed by atoms with Crippen molar-refractivity contribution in [3.05, 3.63) is 71.7 Å². The van der Waals surface area contributed by atoms with E-state index in [2.05, 4.69) is 9.88 Å². The van der Waals surface area contributed by atoms with Gasteiger partial charge >= 0.3 is 0 Å².